The Bertz CT molecular complexity index is 679. The van der Waals surface area contributed by atoms with Gasteiger partial charge in [0.1, 0.15) is 29.8 Å². The van der Waals surface area contributed by atoms with Gasteiger partial charge in [-0.1, -0.05) is 10.3 Å². The van der Waals surface area contributed by atoms with Crippen molar-refractivity contribution in [2.24, 2.45) is 0 Å². The standard InChI is InChI=1S/C12H16N6O4/c1-4-16(7-11-8(2)14-22-15-11)12(19)9(3)17-6-10(5-13-17)18(20)21/h5-6,9H,4,7H2,1-3H3/t9-/m0/s1. The van der Waals surface area contributed by atoms with Crippen LogP contribution in [0.3, 0.4) is 0 Å². The van der Waals surface area contributed by atoms with Crippen molar-refractivity contribution in [1.82, 2.24) is 25.0 Å². The summed E-state index contributed by atoms with van der Waals surface area (Å²) in [5, 5.41) is 22.0. The van der Waals surface area contributed by atoms with Gasteiger partial charge in [-0.05, 0) is 20.8 Å². The molecular weight excluding hydrogens is 292 g/mol. The maximum Gasteiger partial charge on any atom is 0.307 e. The highest BCUT2D eigenvalue weighted by Gasteiger charge is 2.24. The number of hydrogen-bond donors (Lipinski definition) is 0. The van der Waals surface area contributed by atoms with E-state index in [2.05, 4.69) is 20.0 Å². The summed E-state index contributed by atoms with van der Waals surface area (Å²) in [5.41, 5.74) is 1.04. The van der Waals surface area contributed by atoms with E-state index in [9.17, 15) is 14.9 Å². The van der Waals surface area contributed by atoms with Crippen molar-refractivity contribution in [3.63, 3.8) is 0 Å². The monoisotopic (exact) mass is 308 g/mol. The normalized spacial score (nSPS) is 12.1. The molecule has 22 heavy (non-hydrogen) atoms. The Morgan fingerprint density at radius 2 is 2.27 bits per heavy atom. The van der Waals surface area contributed by atoms with Gasteiger partial charge in [-0.25, -0.2) is 4.63 Å². The molecule has 0 aromatic carbocycles. The predicted molar refractivity (Wildman–Crippen MR) is 73.7 cm³/mol. The largest absolute Gasteiger partial charge is 0.335 e. The summed E-state index contributed by atoms with van der Waals surface area (Å²) < 4.78 is 5.89. The van der Waals surface area contributed by atoms with Crippen LogP contribution in [0.5, 0.6) is 0 Å². The second-order valence-corrected chi connectivity index (χ2v) is 4.76. The molecule has 0 unspecified atom stereocenters. The fourth-order valence-electron chi connectivity index (χ4n) is 1.93. The molecule has 2 heterocycles. The lowest BCUT2D eigenvalue weighted by Gasteiger charge is -2.23. The molecule has 2 aromatic heterocycles. The maximum atomic E-state index is 12.5. The van der Waals surface area contributed by atoms with Gasteiger partial charge in [0, 0.05) is 6.54 Å². The van der Waals surface area contributed by atoms with Gasteiger partial charge in [-0.15, -0.1) is 0 Å². The van der Waals surface area contributed by atoms with E-state index in [1.54, 1.807) is 18.7 Å². The van der Waals surface area contributed by atoms with Gasteiger partial charge in [0.2, 0.25) is 5.91 Å². The zero-order valence-electron chi connectivity index (χ0n) is 12.5. The molecule has 2 aromatic rings. The van der Waals surface area contributed by atoms with Crippen LogP contribution < -0.4 is 0 Å². The van der Waals surface area contributed by atoms with E-state index in [1.807, 2.05) is 6.92 Å². The molecule has 10 heteroatoms. The first-order valence-electron chi connectivity index (χ1n) is 6.69. The molecule has 0 radical (unpaired) electrons. The molecule has 0 saturated carbocycles. The van der Waals surface area contributed by atoms with E-state index in [1.165, 1.54) is 10.9 Å². The van der Waals surface area contributed by atoms with Crippen LogP contribution in [0.2, 0.25) is 0 Å². The minimum absolute atomic E-state index is 0.153. The Hall–Kier alpha value is -2.78. The van der Waals surface area contributed by atoms with Crippen LogP contribution in [0.1, 0.15) is 31.3 Å². The minimum atomic E-state index is -0.659. The number of nitro groups is 1. The SMILES string of the molecule is CCN(Cc1nonc1C)C(=O)[C@H](C)n1cc([N+](=O)[O-])cn1. The Kier molecular flexibility index (Phi) is 4.49. The van der Waals surface area contributed by atoms with Crippen LogP contribution in [0, 0.1) is 17.0 Å². The van der Waals surface area contributed by atoms with Crippen molar-refractivity contribution in [1.29, 1.82) is 0 Å². The smallest absolute Gasteiger partial charge is 0.307 e. The zero-order valence-corrected chi connectivity index (χ0v) is 12.5. The molecule has 2 rings (SSSR count). The fraction of sp³-hybridized carbons (Fsp3) is 0.500. The van der Waals surface area contributed by atoms with Crippen LogP contribution in [0.25, 0.3) is 0 Å². The number of rotatable bonds is 6. The van der Waals surface area contributed by atoms with Crippen molar-refractivity contribution in [2.45, 2.75) is 33.4 Å². The highest BCUT2D eigenvalue weighted by molar-refractivity contribution is 5.80. The Morgan fingerprint density at radius 1 is 1.55 bits per heavy atom. The van der Waals surface area contributed by atoms with Gasteiger partial charge in [-0.2, -0.15) is 5.10 Å². The first-order valence-corrected chi connectivity index (χ1v) is 6.69. The second kappa shape index (κ2) is 6.33. The molecule has 0 N–H and O–H groups in total. The number of nitrogens with zero attached hydrogens (tertiary/aromatic N) is 6. The number of hydrogen-bond acceptors (Lipinski definition) is 7. The van der Waals surface area contributed by atoms with Crippen molar-refractivity contribution < 1.29 is 14.3 Å². The van der Waals surface area contributed by atoms with E-state index in [-0.39, 0.29) is 18.1 Å². The van der Waals surface area contributed by atoms with E-state index in [0.29, 0.717) is 17.9 Å². The molecule has 118 valence electrons. The average Bonchev–Trinajstić information content (AvgIpc) is 3.12. The summed E-state index contributed by atoms with van der Waals surface area (Å²) in [6.07, 6.45) is 2.35. The molecule has 0 aliphatic carbocycles. The van der Waals surface area contributed by atoms with Crippen LogP contribution >= 0.6 is 0 Å². The second-order valence-electron chi connectivity index (χ2n) is 4.76. The molecule has 0 aliphatic heterocycles. The van der Waals surface area contributed by atoms with Gasteiger partial charge in [0.25, 0.3) is 0 Å². The van der Waals surface area contributed by atoms with E-state index in [0.717, 1.165) is 6.20 Å². The fourth-order valence-corrected chi connectivity index (χ4v) is 1.93. The van der Waals surface area contributed by atoms with Crippen LogP contribution in [0.4, 0.5) is 5.69 Å². The van der Waals surface area contributed by atoms with Gasteiger partial charge < -0.3 is 4.90 Å². The van der Waals surface area contributed by atoms with Crippen molar-refractivity contribution in [3.05, 3.63) is 33.9 Å². The summed E-state index contributed by atoms with van der Waals surface area (Å²) >= 11 is 0. The molecular formula is C12H16N6O4. The molecule has 0 bridgehead atoms. The van der Waals surface area contributed by atoms with E-state index in [4.69, 9.17) is 0 Å². The molecule has 0 aliphatic rings. The van der Waals surface area contributed by atoms with Crippen molar-refractivity contribution in [3.8, 4) is 0 Å². The Labute approximate surface area is 125 Å². The summed E-state index contributed by atoms with van der Waals surface area (Å²) in [6.45, 7) is 5.93. The lowest BCUT2D eigenvalue weighted by Crippen LogP contribution is -2.36. The maximum absolute atomic E-state index is 12.5. The third kappa shape index (κ3) is 3.10. The topological polar surface area (TPSA) is 120 Å². The number of carbonyl (C=O) groups excluding carboxylic acids is 1. The molecule has 0 saturated heterocycles. The van der Waals surface area contributed by atoms with Crippen LogP contribution in [-0.4, -0.2) is 42.4 Å². The van der Waals surface area contributed by atoms with Crippen molar-refractivity contribution >= 4 is 11.6 Å². The summed E-state index contributed by atoms with van der Waals surface area (Å²) in [7, 11) is 0. The van der Waals surface area contributed by atoms with Gasteiger partial charge >= 0.3 is 5.69 Å². The van der Waals surface area contributed by atoms with Crippen LogP contribution in [-0.2, 0) is 11.3 Å². The van der Waals surface area contributed by atoms with Crippen molar-refractivity contribution in [2.75, 3.05) is 6.54 Å². The number of amides is 1. The number of aromatic nitrogens is 4. The van der Waals surface area contributed by atoms with Crippen LogP contribution in [0.15, 0.2) is 17.0 Å². The average molecular weight is 308 g/mol. The third-order valence-corrected chi connectivity index (χ3v) is 3.33. The Balaban J connectivity index is 2.13. The zero-order chi connectivity index (χ0) is 16.3. The first-order chi connectivity index (χ1) is 10.4. The minimum Gasteiger partial charge on any atom is -0.335 e. The third-order valence-electron chi connectivity index (χ3n) is 3.33. The molecule has 0 spiro atoms. The lowest BCUT2D eigenvalue weighted by atomic mass is 10.2. The molecule has 1 atom stereocenters. The number of aryl methyl sites for hydroxylation is 1. The predicted octanol–water partition coefficient (Wildman–Crippen LogP) is 1.09. The highest BCUT2D eigenvalue weighted by atomic mass is 16.6. The molecule has 1 amide bonds. The summed E-state index contributed by atoms with van der Waals surface area (Å²) in [5.74, 6) is -0.220. The van der Waals surface area contributed by atoms with Gasteiger partial charge in [-0.3, -0.25) is 19.6 Å². The quantitative estimate of drug-likeness (QED) is 0.578. The summed E-state index contributed by atoms with van der Waals surface area (Å²) in [4.78, 5) is 24.2. The number of likely N-dealkylation sites (N-methyl/N-ethyl adjacent to an activating group) is 1. The van der Waals surface area contributed by atoms with E-state index < -0.39 is 11.0 Å². The Morgan fingerprint density at radius 3 is 2.77 bits per heavy atom. The first kappa shape index (κ1) is 15.6. The highest BCUT2D eigenvalue weighted by Crippen LogP contribution is 2.16. The summed E-state index contributed by atoms with van der Waals surface area (Å²) in [6, 6.07) is -0.659. The van der Waals surface area contributed by atoms with Gasteiger partial charge in [0.15, 0.2) is 0 Å². The molecule has 10 nitrogen and oxygen atoms in total. The number of carbonyl (C=O) groups is 1. The van der Waals surface area contributed by atoms with Gasteiger partial charge in [0.05, 0.1) is 11.5 Å². The lowest BCUT2D eigenvalue weighted by molar-refractivity contribution is -0.385. The molecule has 0 fully saturated rings. The van der Waals surface area contributed by atoms with E-state index >= 15 is 0 Å².